The van der Waals surface area contributed by atoms with Gasteiger partial charge in [-0.2, -0.15) is 13.2 Å². The lowest BCUT2D eigenvalue weighted by atomic mass is 10.0. The summed E-state index contributed by atoms with van der Waals surface area (Å²) in [5, 5.41) is 1.21. The number of pyridine rings is 1. The molecule has 0 spiro atoms. The Balaban J connectivity index is 2.78. The summed E-state index contributed by atoms with van der Waals surface area (Å²) in [6, 6.07) is 2.59. The predicted octanol–water partition coefficient (Wildman–Crippen LogP) is 4.50. The van der Waals surface area contributed by atoms with Gasteiger partial charge in [-0.25, -0.2) is 9.37 Å². The molecule has 1 amide bonds. The smallest absolute Gasteiger partial charge is 0.323 e. The van der Waals surface area contributed by atoms with E-state index in [0.29, 0.717) is 0 Å². The zero-order chi connectivity index (χ0) is 18.9. The molecule has 0 saturated heterocycles. The van der Waals surface area contributed by atoms with Crippen LogP contribution in [0.2, 0.25) is 10.0 Å². The molecule has 10 heteroatoms. The molecule has 0 aliphatic heterocycles. The Morgan fingerprint density at radius 1 is 1.28 bits per heavy atom. The van der Waals surface area contributed by atoms with Crippen molar-refractivity contribution in [2.75, 3.05) is 5.32 Å². The number of carbonyl (C=O) groups excluding carboxylic acids is 1. The van der Waals surface area contributed by atoms with E-state index in [1.807, 2.05) is 0 Å². The summed E-state index contributed by atoms with van der Waals surface area (Å²) in [6.07, 6.45) is -4.15. The molecule has 0 saturated carbocycles. The fraction of sp³-hybridized carbons (Fsp3) is 0.200. The van der Waals surface area contributed by atoms with Gasteiger partial charge in [0.15, 0.2) is 5.69 Å². The Hall–Kier alpha value is -1.90. The number of halogens is 6. The van der Waals surface area contributed by atoms with Gasteiger partial charge in [-0.1, -0.05) is 29.3 Å². The van der Waals surface area contributed by atoms with E-state index in [0.717, 1.165) is 12.3 Å². The Labute approximate surface area is 149 Å². The number of nitrogens with zero attached hydrogens (tertiary/aromatic N) is 1. The van der Waals surface area contributed by atoms with Crippen LogP contribution in [0.4, 0.5) is 23.2 Å². The number of rotatable bonds is 3. The van der Waals surface area contributed by atoms with Gasteiger partial charge in [0, 0.05) is 11.1 Å². The van der Waals surface area contributed by atoms with Crippen LogP contribution in [0.3, 0.4) is 0 Å². The summed E-state index contributed by atoms with van der Waals surface area (Å²) < 4.78 is 53.5. The standard InChI is InChI=1S/C15H11Cl2F4N3O/c1-6(22)14(25)24-9-5-23-13(15(19,20)21)12(17)11(9)10-7(16)3-2-4-8(10)18/h2-6H,22H2,1H3,(H,24,25). The molecule has 134 valence electrons. The minimum absolute atomic E-state index is 0.183. The van der Waals surface area contributed by atoms with E-state index in [-0.39, 0.29) is 16.3 Å². The number of benzene rings is 1. The van der Waals surface area contributed by atoms with Crippen LogP contribution in [0.1, 0.15) is 12.6 Å². The summed E-state index contributed by atoms with van der Waals surface area (Å²) in [5.41, 5.74) is 2.94. The molecular formula is C15H11Cl2F4N3O. The quantitative estimate of drug-likeness (QED) is 0.751. The van der Waals surface area contributed by atoms with Crippen molar-refractivity contribution in [1.29, 1.82) is 0 Å². The summed E-state index contributed by atoms with van der Waals surface area (Å²) in [5.74, 6) is -1.63. The molecule has 0 bridgehead atoms. The van der Waals surface area contributed by atoms with Gasteiger partial charge in [0.2, 0.25) is 5.91 Å². The van der Waals surface area contributed by atoms with Gasteiger partial charge in [-0.05, 0) is 19.1 Å². The van der Waals surface area contributed by atoms with E-state index >= 15 is 0 Å². The molecule has 1 heterocycles. The predicted molar refractivity (Wildman–Crippen MR) is 86.9 cm³/mol. The molecule has 1 aromatic carbocycles. The topological polar surface area (TPSA) is 68.0 Å². The van der Waals surface area contributed by atoms with Gasteiger partial charge in [0.25, 0.3) is 0 Å². The highest BCUT2D eigenvalue weighted by Crippen LogP contribution is 2.44. The minimum Gasteiger partial charge on any atom is -0.323 e. The molecule has 4 nitrogen and oxygen atoms in total. The van der Waals surface area contributed by atoms with Crippen molar-refractivity contribution in [2.45, 2.75) is 19.1 Å². The van der Waals surface area contributed by atoms with Crippen LogP contribution in [0, 0.1) is 5.82 Å². The normalized spacial score (nSPS) is 12.8. The number of nitrogens with two attached hydrogens (primary N) is 1. The number of aromatic nitrogens is 1. The minimum atomic E-state index is -4.88. The number of hydrogen-bond acceptors (Lipinski definition) is 3. The molecule has 0 radical (unpaired) electrons. The first-order chi connectivity index (χ1) is 11.5. The molecular weight excluding hydrogens is 385 g/mol. The van der Waals surface area contributed by atoms with Crippen LogP contribution in [-0.4, -0.2) is 16.9 Å². The number of nitrogens with one attached hydrogen (secondary N) is 1. The third kappa shape index (κ3) is 4.02. The van der Waals surface area contributed by atoms with E-state index in [9.17, 15) is 22.4 Å². The van der Waals surface area contributed by atoms with E-state index in [2.05, 4.69) is 10.3 Å². The first kappa shape index (κ1) is 19.4. The number of alkyl halides is 3. The molecule has 2 rings (SSSR count). The van der Waals surface area contributed by atoms with E-state index < -0.39 is 40.2 Å². The first-order valence-electron chi connectivity index (χ1n) is 6.80. The lowest BCUT2D eigenvalue weighted by Crippen LogP contribution is -2.32. The van der Waals surface area contributed by atoms with Gasteiger partial charge in [-0.3, -0.25) is 4.79 Å². The lowest BCUT2D eigenvalue weighted by molar-refractivity contribution is -0.141. The van der Waals surface area contributed by atoms with E-state index in [1.54, 1.807) is 0 Å². The van der Waals surface area contributed by atoms with Crippen molar-refractivity contribution < 1.29 is 22.4 Å². The average molecular weight is 396 g/mol. The lowest BCUT2D eigenvalue weighted by Gasteiger charge is -2.18. The van der Waals surface area contributed by atoms with Gasteiger partial charge in [0.05, 0.1) is 28.0 Å². The van der Waals surface area contributed by atoms with Crippen molar-refractivity contribution in [3.8, 4) is 11.1 Å². The van der Waals surface area contributed by atoms with Crippen molar-refractivity contribution in [3.63, 3.8) is 0 Å². The Morgan fingerprint density at radius 3 is 2.44 bits per heavy atom. The zero-order valence-corrected chi connectivity index (χ0v) is 14.1. The summed E-state index contributed by atoms with van der Waals surface area (Å²) in [4.78, 5) is 15.0. The molecule has 1 unspecified atom stereocenters. The maximum Gasteiger partial charge on any atom is 0.434 e. The van der Waals surface area contributed by atoms with Crippen LogP contribution in [0.25, 0.3) is 11.1 Å². The molecule has 0 fully saturated rings. The Kier molecular flexibility index (Phi) is 5.55. The zero-order valence-electron chi connectivity index (χ0n) is 12.6. The highest BCUT2D eigenvalue weighted by Gasteiger charge is 2.37. The Bertz CT molecular complexity index is 805. The van der Waals surface area contributed by atoms with Gasteiger partial charge >= 0.3 is 6.18 Å². The Morgan fingerprint density at radius 2 is 1.92 bits per heavy atom. The highest BCUT2D eigenvalue weighted by atomic mass is 35.5. The maximum absolute atomic E-state index is 14.2. The third-order valence-electron chi connectivity index (χ3n) is 3.17. The van der Waals surface area contributed by atoms with E-state index in [4.69, 9.17) is 28.9 Å². The molecule has 0 aliphatic carbocycles. The number of carbonyl (C=O) groups is 1. The van der Waals surface area contributed by atoms with Gasteiger partial charge in [0.1, 0.15) is 5.82 Å². The monoisotopic (exact) mass is 395 g/mol. The van der Waals surface area contributed by atoms with Crippen LogP contribution in [-0.2, 0) is 11.0 Å². The van der Waals surface area contributed by atoms with Crippen molar-refractivity contribution in [3.05, 3.63) is 46.0 Å². The highest BCUT2D eigenvalue weighted by molar-refractivity contribution is 6.37. The fourth-order valence-corrected chi connectivity index (χ4v) is 2.62. The summed E-state index contributed by atoms with van der Waals surface area (Å²) in [7, 11) is 0. The van der Waals surface area contributed by atoms with Gasteiger partial charge in [-0.15, -0.1) is 0 Å². The fourth-order valence-electron chi connectivity index (χ4n) is 2.01. The summed E-state index contributed by atoms with van der Waals surface area (Å²) >= 11 is 11.8. The third-order valence-corrected chi connectivity index (χ3v) is 3.86. The number of anilines is 1. The molecule has 2 aromatic rings. The van der Waals surface area contributed by atoms with Crippen LogP contribution in [0.5, 0.6) is 0 Å². The van der Waals surface area contributed by atoms with Crippen LogP contribution >= 0.6 is 23.2 Å². The van der Waals surface area contributed by atoms with Crippen molar-refractivity contribution in [1.82, 2.24) is 4.98 Å². The second-order valence-electron chi connectivity index (χ2n) is 5.08. The number of amides is 1. The van der Waals surface area contributed by atoms with E-state index in [1.165, 1.54) is 19.1 Å². The SMILES string of the molecule is CC(N)C(=O)Nc1cnc(C(F)(F)F)c(Cl)c1-c1c(F)cccc1Cl. The largest absolute Gasteiger partial charge is 0.434 e. The molecule has 25 heavy (non-hydrogen) atoms. The second kappa shape index (κ2) is 7.15. The molecule has 1 atom stereocenters. The van der Waals surface area contributed by atoms with Crippen molar-refractivity contribution in [2.24, 2.45) is 5.73 Å². The molecule has 3 N–H and O–H groups in total. The number of hydrogen-bond donors (Lipinski definition) is 2. The first-order valence-corrected chi connectivity index (χ1v) is 7.56. The second-order valence-corrected chi connectivity index (χ2v) is 5.87. The molecule has 0 aliphatic rings. The molecule has 1 aromatic heterocycles. The van der Waals surface area contributed by atoms with Gasteiger partial charge < -0.3 is 11.1 Å². The average Bonchev–Trinajstić information content (AvgIpc) is 2.48. The van der Waals surface area contributed by atoms with Crippen molar-refractivity contribution >= 4 is 34.8 Å². The van der Waals surface area contributed by atoms with Crippen LogP contribution in [0.15, 0.2) is 24.4 Å². The van der Waals surface area contributed by atoms with Crippen LogP contribution < -0.4 is 11.1 Å². The maximum atomic E-state index is 14.2. The summed E-state index contributed by atoms with van der Waals surface area (Å²) in [6.45, 7) is 1.37.